The summed E-state index contributed by atoms with van der Waals surface area (Å²) in [4.78, 5) is 33.3. The summed E-state index contributed by atoms with van der Waals surface area (Å²) in [5.74, 6) is 0.565. The summed E-state index contributed by atoms with van der Waals surface area (Å²) in [6.45, 7) is 2.04. The minimum Gasteiger partial charge on any atom is -0.459 e. The van der Waals surface area contributed by atoms with E-state index >= 15 is 0 Å². The molecule has 2 amide bonds. The Morgan fingerprint density at radius 3 is 2.20 bits per heavy atom. The van der Waals surface area contributed by atoms with E-state index in [0.717, 1.165) is 16.4 Å². The van der Waals surface area contributed by atoms with Gasteiger partial charge >= 0.3 is 0 Å². The van der Waals surface area contributed by atoms with Crippen LogP contribution in [0.5, 0.6) is 0 Å². The number of furan rings is 1. The van der Waals surface area contributed by atoms with Gasteiger partial charge in [0.05, 0.1) is 23.9 Å². The van der Waals surface area contributed by atoms with E-state index in [-0.39, 0.29) is 11.8 Å². The monoisotopic (exact) mass is 486 g/mol. The van der Waals surface area contributed by atoms with Crippen molar-refractivity contribution in [1.82, 2.24) is 19.4 Å². The summed E-state index contributed by atoms with van der Waals surface area (Å²) in [5, 5.41) is 0.798. The highest BCUT2D eigenvalue weighted by molar-refractivity contribution is 7.99. The van der Waals surface area contributed by atoms with Crippen LogP contribution < -0.4 is 0 Å². The average molecular weight is 487 g/mol. The van der Waals surface area contributed by atoms with Crippen molar-refractivity contribution in [2.45, 2.75) is 5.16 Å². The number of hydrogen-bond donors (Lipinski definition) is 0. The van der Waals surface area contributed by atoms with Gasteiger partial charge in [0.1, 0.15) is 0 Å². The standard InChI is InChI=1S/C27H26N4O3S/c1-29-23(22-11-9-21(10-12-22)20-6-3-2-4-7-20)18-28-27(29)35-19-25(32)30-13-15-31(16-14-30)26(33)24-8-5-17-34-24/h2-12,17-18H,13-16,19H2,1H3. The van der Waals surface area contributed by atoms with Gasteiger partial charge in [-0.15, -0.1) is 0 Å². The first kappa shape index (κ1) is 23.0. The predicted molar refractivity (Wildman–Crippen MR) is 136 cm³/mol. The maximum atomic E-state index is 12.8. The number of rotatable bonds is 6. The van der Waals surface area contributed by atoms with Gasteiger partial charge in [-0.1, -0.05) is 66.4 Å². The maximum Gasteiger partial charge on any atom is 0.289 e. The van der Waals surface area contributed by atoms with Crippen LogP contribution in [0.25, 0.3) is 22.4 Å². The molecule has 1 fully saturated rings. The number of aromatic nitrogens is 2. The summed E-state index contributed by atoms with van der Waals surface area (Å²) in [7, 11) is 1.97. The summed E-state index contributed by atoms with van der Waals surface area (Å²) in [5.41, 5.74) is 4.44. The van der Waals surface area contributed by atoms with Crippen LogP contribution in [0.15, 0.2) is 88.8 Å². The van der Waals surface area contributed by atoms with Gasteiger partial charge in [0.25, 0.3) is 5.91 Å². The minimum atomic E-state index is -0.131. The summed E-state index contributed by atoms with van der Waals surface area (Å²) < 4.78 is 7.22. The largest absolute Gasteiger partial charge is 0.459 e. The van der Waals surface area contributed by atoms with Crippen LogP contribution >= 0.6 is 11.8 Å². The van der Waals surface area contributed by atoms with Crippen molar-refractivity contribution in [3.05, 3.63) is 85.0 Å². The highest BCUT2D eigenvalue weighted by Gasteiger charge is 2.26. The molecule has 0 unspecified atom stereocenters. The Bertz CT molecular complexity index is 1290. The zero-order valence-electron chi connectivity index (χ0n) is 19.5. The molecular weight excluding hydrogens is 460 g/mol. The van der Waals surface area contributed by atoms with Crippen LogP contribution in [0.3, 0.4) is 0 Å². The Labute approximate surface area is 208 Å². The van der Waals surface area contributed by atoms with Crippen LogP contribution in [0.4, 0.5) is 0 Å². The first-order valence-corrected chi connectivity index (χ1v) is 12.5. The van der Waals surface area contributed by atoms with Gasteiger partial charge in [0, 0.05) is 33.2 Å². The van der Waals surface area contributed by atoms with Crippen molar-refractivity contribution in [2.24, 2.45) is 7.05 Å². The number of benzene rings is 2. The van der Waals surface area contributed by atoms with Crippen molar-refractivity contribution in [2.75, 3.05) is 31.9 Å². The number of amides is 2. The normalized spacial score (nSPS) is 13.7. The van der Waals surface area contributed by atoms with Crippen molar-refractivity contribution in [1.29, 1.82) is 0 Å². The van der Waals surface area contributed by atoms with E-state index in [1.54, 1.807) is 17.0 Å². The Morgan fingerprint density at radius 1 is 0.857 bits per heavy atom. The molecule has 0 N–H and O–H groups in total. The van der Waals surface area contributed by atoms with E-state index in [4.69, 9.17) is 4.42 Å². The number of imidazole rings is 1. The second-order valence-electron chi connectivity index (χ2n) is 8.37. The van der Waals surface area contributed by atoms with E-state index < -0.39 is 0 Å². The molecule has 2 aromatic carbocycles. The number of piperazine rings is 1. The zero-order valence-corrected chi connectivity index (χ0v) is 20.3. The number of nitrogens with zero attached hydrogens (tertiary/aromatic N) is 4. The third-order valence-electron chi connectivity index (χ3n) is 6.21. The molecule has 8 heteroatoms. The van der Waals surface area contributed by atoms with Gasteiger partial charge in [-0.2, -0.15) is 0 Å². The van der Waals surface area contributed by atoms with Crippen LogP contribution in [0.2, 0.25) is 0 Å². The van der Waals surface area contributed by atoms with Crippen molar-refractivity contribution >= 4 is 23.6 Å². The molecule has 0 spiro atoms. The van der Waals surface area contributed by atoms with Crippen LogP contribution in [-0.2, 0) is 11.8 Å². The molecule has 1 aliphatic rings. The molecule has 0 radical (unpaired) electrons. The minimum absolute atomic E-state index is 0.0526. The quantitative estimate of drug-likeness (QED) is 0.377. The van der Waals surface area contributed by atoms with E-state index in [1.165, 1.54) is 29.2 Å². The van der Waals surface area contributed by atoms with Crippen molar-refractivity contribution < 1.29 is 14.0 Å². The summed E-state index contributed by atoms with van der Waals surface area (Å²) >= 11 is 1.43. The number of thioether (sulfide) groups is 1. The van der Waals surface area contributed by atoms with Gasteiger partial charge in [-0.05, 0) is 28.8 Å². The average Bonchev–Trinajstić information content (AvgIpc) is 3.58. The fourth-order valence-electron chi connectivity index (χ4n) is 4.19. The molecule has 0 saturated carbocycles. The molecule has 0 aliphatic carbocycles. The molecule has 0 bridgehead atoms. The lowest BCUT2D eigenvalue weighted by Gasteiger charge is -2.34. The molecule has 178 valence electrons. The number of carbonyl (C=O) groups excluding carboxylic acids is 2. The lowest BCUT2D eigenvalue weighted by molar-refractivity contribution is -0.129. The molecule has 4 aromatic rings. The van der Waals surface area contributed by atoms with Gasteiger partial charge in [-0.25, -0.2) is 4.98 Å². The fourth-order valence-corrected chi connectivity index (χ4v) is 5.05. The fraction of sp³-hybridized carbons (Fsp3) is 0.222. The molecular formula is C27H26N4O3S. The molecule has 1 saturated heterocycles. The third kappa shape index (κ3) is 5.02. The number of hydrogen-bond acceptors (Lipinski definition) is 5. The van der Waals surface area contributed by atoms with Crippen molar-refractivity contribution in [3.8, 4) is 22.4 Å². The maximum absolute atomic E-state index is 12.8. The highest BCUT2D eigenvalue weighted by atomic mass is 32.2. The van der Waals surface area contributed by atoms with E-state index in [2.05, 4.69) is 41.4 Å². The molecule has 3 heterocycles. The van der Waals surface area contributed by atoms with Gasteiger partial charge in [0.15, 0.2) is 10.9 Å². The summed E-state index contributed by atoms with van der Waals surface area (Å²) in [6.07, 6.45) is 3.34. The molecule has 35 heavy (non-hydrogen) atoms. The van der Waals surface area contributed by atoms with Gasteiger partial charge in [-0.3, -0.25) is 9.59 Å². The van der Waals surface area contributed by atoms with E-state index in [0.29, 0.717) is 37.7 Å². The molecule has 7 nitrogen and oxygen atoms in total. The molecule has 2 aromatic heterocycles. The first-order chi connectivity index (χ1) is 17.1. The molecule has 5 rings (SSSR count). The van der Waals surface area contributed by atoms with Crippen molar-refractivity contribution in [3.63, 3.8) is 0 Å². The second-order valence-corrected chi connectivity index (χ2v) is 9.31. The number of carbonyl (C=O) groups is 2. The Balaban J connectivity index is 1.16. The van der Waals surface area contributed by atoms with Gasteiger partial charge < -0.3 is 18.8 Å². The Morgan fingerprint density at radius 2 is 1.51 bits per heavy atom. The van der Waals surface area contributed by atoms with E-state index in [1.807, 2.05) is 40.9 Å². The Kier molecular flexibility index (Phi) is 6.72. The van der Waals surface area contributed by atoms with E-state index in [9.17, 15) is 9.59 Å². The highest BCUT2D eigenvalue weighted by Crippen LogP contribution is 2.28. The lowest BCUT2D eigenvalue weighted by atomic mass is 10.0. The van der Waals surface area contributed by atoms with Crippen LogP contribution in [0.1, 0.15) is 10.6 Å². The SMILES string of the molecule is Cn1c(-c2ccc(-c3ccccc3)cc2)cnc1SCC(=O)N1CCN(C(=O)c2ccco2)CC1. The Hall–Kier alpha value is -3.78. The smallest absolute Gasteiger partial charge is 0.289 e. The molecule has 1 aliphatic heterocycles. The lowest BCUT2D eigenvalue weighted by Crippen LogP contribution is -2.51. The van der Waals surface area contributed by atoms with Crippen LogP contribution in [-0.4, -0.2) is 63.1 Å². The van der Waals surface area contributed by atoms with Crippen LogP contribution in [0, 0.1) is 0 Å². The third-order valence-corrected chi connectivity index (χ3v) is 7.24. The predicted octanol–water partition coefficient (Wildman–Crippen LogP) is 4.42. The second kappa shape index (κ2) is 10.2. The van der Waals surface area contributed by atoms with Gasteiger partial charge in [0.2, 0.25) is 5.91 Å². The summed E-state index contributed by atoms with van der Waals surface area (Å²) in [6, 6.07) is 22.1. The zero-order chi connectivity index (χ0) is 24.2. The topological polar surface area (TPSA) is 71.6 Å². The first-order valence-electron chi connectivity index (χ1n) is 11.5. The molecule has 0 atom stereocenters.